The van der Waals surface area contributed by atoms with E-state index in [2.05, 4.69) is 36.9 Å². The van der Waals surface area contributed by atoms with Gasteiger partial charge in [-0.2, -0.15) is 4.98 Å². The van der Waals surface area contributed by atoms with Gasteiger partial charge >= 0.3 is 0 Å². The summed E-state index contributed by atoms with van der Waals surface area (Å²) in [7, 11) is -24.2. The van der Waals surface area contributed by atoms with Crippen LogP contribution in [0.25, 0.3) is 11.2 Å². The van der Waals surface area contributed by atoms with Gasteiger partial charge in [-0.3, -0.25) is 32.6 Å². The van der Waals surface area contributed by atoms with Crippen molar-refractivity contribution in [3.8, 4) is 0 Å². The van der Waals surface area contributed by atoms with Crippen molar-refractivity contribution in [1.29, 1.82) is 0 Å². The number of aliphatic hydroxyl groups excluding tert-OH is 1. The summed E-state index contributed by atoms with van der Waals surface area (Å²) >= 11 is 0. The standard InChI is InChI=1S/C16H30N6O16P4/c17-5-3-1-2-4-6-33-39(25,26)36-41(29,30)38-42(31,32)37-40(27,28)34-8-11-10(23)7-12(35-11)22-9-19-13-14(22)20-16(18)21-15(13)24/h9-12,23H,1-8,17H2,(H,25,26)(H,27,28)(H,29,30)(H,31,32)(H3,18,20,21,24)/p-4/t10?,11-,12-/m1/s1. The summed E-state index contributed by atoms with van der Waals surface area (Å²) in [4.78, 5) is 69.3. The van der Waals surface area contributed by atoms with Crippen LogP contribution in [-0.2, 0) is 45.0 Å². The largest absolute Gasteiger partial charge is 0.756 e. The van der Waals surface area contributed by atoms with Gasteiger partial charge in [0, 0.05) is 6.42 Å². The minimum Gasteiger partial charge on any atom is -0.756 e. The van der Waals surface area contributed by atoms with E-state index < -0.39 is 68.5 Å². The predicted octanol–water partition coefficient (Wildman–Crippen LogP) is -2.17. The maximum atomic E-state index is 12.0. The van der Waals surface area contributed by atoms with E-state index in [1.165, 1.54) is 4.57 Å². The molecule has 1 aliphatic rings. The number of nitrogen functional groups attached to an aromatic ring is 1. The monoisotopic (exact) mass is 682 g/mol. The highest BCUT2D eigenvalue weighted by atomic mass is 31.3. The van der Waals surface area contributed by atoms with Gasteiger partial charge in [0.2, 0.25) is 5.95 Å². The van der Waals surface area contributed by atoms with E-state index in [-0.39, 0.29) is 30.0 Å². The Morgan fingerprint density at radius 2 is 1.60 bits per heavy atom. The lowest BCUT2D eigenvalue weighted by Gasteiger charge is -2.36. The Morgan fingerprint density at radius 1 is 1.00 bits per heavy atom. The van der Waals surface area contributed by atoms with Crippen LogP contribution in [0, 0.1) is 0 Å². The third kappa shape index (κ3) is 10.3. The van der Waals surface area contributed by atoms with Gasteiger partial charge in [0.15, 0.2) is 11.2 Å². The highest BCUT2D eigenvalue weighted by Gasteiger charge is 2.37. The third-order valence-corrected chi connectivity index (χ3v) is 11.1. The molecule has 0 bridgehead atoms. The van der Waals surface area contributed by atoms with Gasteiger partial charge < -0.3 is 49.9 Å². The van der Waals surface area contributed by atoms with E-state index >= 15 is 0 Å². The highest BCUT2D eigenvalue weighted by Crippen LogP contribution is 2.66. The number of aromatic nitrogens is 4. The van der Waals surface area contributed by atoms with E-state index in [0.29, 0.717) is 25.8 Å². The molecule has 0 saturated carbocycles. The summed E-state index contributed by atoms with van der Waals surface area (Å²) in [6.07, 6.45) is -0.942. The zero-order valence-electron chi connectivity index (χ0n) is 21.3. The number of unbranched alkanes of at least 4 members (excludes halogenated alkanes) is 3. The second-order valence-electron chi connectivity index (χ2n) is 8.57. The van der Waals surface area contributed by atoms with Crippen LogP contribution in [0.4, 0.5) is 5.95 Å². The molecule has 22 nitrogen and oxygen atoms in total. The Labute approximate surface area is 236 Å². The summed E-state index contributed by atoms with van der Waals surface area (Å²) < 4.78 is 73.4. The summed E-state index contributed by atoms with van der Waals surface area (Å²) in [6, 6.07) is 0. The van der Waals surface area contributed by atoms with E-state index in [4.69, 9.17) is 16.2 Å². The molecule has 7 atom stereocenters. The molecule has 1 aliphatic heterocycles. The van der Waals surface area contributed by atoms with Crippen molar-refractivity contribution in [2.75, 3.05) is 25.5 Å². The number of hydrogen-bond donors (Lipinski definition) is 4. The van der Waals surface area contributed by atoms with Crippen LogP contribution < -0.4 is 36.6 Å². The first kappa shape index (κ1) is 35.1. The topological polar surface area (TPSA) is 352 Å². The molecule has 42 heavy (non-hydrogen) atoms. The zero-order chi connectivity index (χ0) is 31.3. The molecule has 0 aromatic carbocycles. The predicted molar refractivity (Wildman–Crippen MR) is 130 cm³/mol. The number of nitrogens with two attached hydrogens (primary N) is 2. The normalized spacial score (nSPS) is 25.0. The Morgan fingerprint density at radius 3 is 2.24 bits per heavy atom. The maximum Gasteiger partial charge on any atom is 0.280 e. The lowest BCUT2D eigenvalue weighted by molar-refractivity contribution is -0.254. The van der Waals surface area contributed by atoms with Gasteiger partial charge in [-0.1, -0.05) is 12.8 Å². The molecule has 1 saturated heterocycles. The molecule has 0 aliphatic carbocycles. The summed E-state index contributed by atoms with van der Waals surface area (Å²) in [5.74, 6) is -0.242. The number of hydrogen-bond acceptors (Lipinski definition) is 20. The van der Waals surface area contributed by atoms with Crippen LogP contribution >= 0.6 is 31.3 Å². The molecular weight excluding hydrogens is 656 g/mol. The fraction of sp³-hybridized carbons (Fsp3) is 0.688. The second kappa shape index (κ2) is 14.1. The number of aromatic amines is 1. The van der Waals surface area contributed by atoms with Crippen molar-refractivity contribution >= 4 is 48.4 Å². The molecule has 3 heterocycles. The SMILES string of the molecule is NCCCCCCOP(=O)([O-])OP(=O)([O-])OP(=O)([O-])OP(=O)([O-])OC[C@H]1O[C@@H](n2cnc3c(=O)[nH]c(N)nc32)CC1O. The lowest BCUT2D eigenvalue weighted by Crippen LogP contribution is -2.27. The number of nitrogens with one attached hydrogen (secondary N) is 1. The number of nitrogens with zero attached hydrogens (tertiary/aromatic N) is 3. The highest BCUT2D eigenvalue weighted by molar-refractivity contribution is 7.68. The number of rotatable bonds is 17. The number of phosphoric acid groups is 4. The van der Waals surface area contributed by atoms with E-state index in [1.807, 2.05) is 0 Å². The molecule has 6 N–H and O–H groups in total. The molecule has 0 radical (unpaired) electrons. The van der Waals surface area contributed by atoms with Crippen molar-refractivity contribution in [2.24, 2.45) is 5.73 Å². The summed E-state index contributed by atoms with van der Waals surface area (Å²) in [6.45, 7) is -1.13. The van der Waals surface area contributed by atoms with Crippen molar-refractivity contribution in [1.82, 2.24) is 19.5 Å². The van der Waals surface area contributed by atoms with Crippen molar-refractivity contribution < 1.29 is 69.7 Å². The molecule has 240 valence electrons. The van der Waals surface area contributed by atoms with Crippen LogP contribution in [0.3, 0.4) is 0 Å². The number of imidazole rings is 1. The fourth-order valence-corrected chi connectivity index (χ4v) is 8.35. The van der Waals surface area contributed by atoms with Gasteiger partial charge in [0.25, 0.3) is 36.9 Å². The smallest absolute Gasteiger partial charge is 0.280 e. The van der Waals surface area contributed by atoms with Crippen LogP contribution in [0.1, 0.15) is 38.3 Å². The Hall–Kier alpha value is -1.41. The van der Waals surface area contributed by atoms with Gasteiger partial charge in [-0.05, 0) is 19.4 Å². The molecule has 26 heteroatoms. The van der Waals surface area contributed by atoms with Gasteiger partial charge in [0.05, 0.1) is 25.6 Å². The van der Waals surface area contributed by atoms with Crippen molar-refractivity contribution in [2.45, 2.75) is 50.5 Å². The summed E-state index contributed by atoms with van der Waals surface area (Å²) in [5.41, 5.74) is 10.0. The van der Waals surface area contributed by atoms with Crippen molar-refractivity contribution in [3.63, 3.8) is 0 Å². The first-order valence-corrected chi connectivity index (χ1v) is 17.7. The maximum absolute atomic E-state index is 12.0. The average Bonchev–Trinajstić information content (AvgIpc) is 3.40. The molecule has 0 amide bonds. The van der Waals surface area contributed by atoms with Crippen LogP contribution in [-0.4, -0.2) is 56.6 Å². The Bertz CT molecular complexity index is 1480. The number of ether oxygens (including phenoxy) is 1. The molecule has 1 fully saturated rings. The second-order valence-corrected chi connectivity index (χ2v) is 14.6. The minimum absolute atomic E-state index is 0.0166. The number of H-pyrrole nitrogens is 1. The van der Waals surface area contributed by atoms with E-state index in [9.17, 15) is 47.7 Å². The Balaban J connectivity index is 1.53. The molecular formula is C16H26N6O16P4-4. The Kier molecular flexibility index (Phi) is 11.8. The number of aliphatic hydroxyl groups is 1. The zero-order valence-corrected chi connectivity index (χ0v) is 24.9. The van der Waals surface area contributed by atoms with Crippen LogP contribution in [0.2, 0.25) is 0 Å². The number of fused-ring (bicyclic) bond motifs is 1. The number of phosphoric ester groups is 2. The van der Waals surface area contributed by atoms with Gasteiger partial charge in [-0.15, -0.1) is 0 Å². The summed E-state index contributed by atoms with van der Waals surface area (Å²) in [5, 5.41) is 10.3. The quantitative estimate of drug-likeness (QED) is 0.102. The number of anilines is 1. The van der Waals surface area contributed by atoms with Gasteiger partial charge in [0.1, 0.15) is 12.3 Å². The first-order chi connectivity index (χ1) is 19.4. The van der Waals surface area contributed by atoms with E-state index in [0.717, 1.165) is 6.33 Å². The minimum atomic E-state index is -6.38. The lowest BCUT2D eigenvalue weighted by atomic mass is 10.2. The third-order valence-electron chi connectivity index (χ3n) is 5.31. The van der Waals surface area contributed by atoms with Crippen LogP contribution in [0.15, 0.2) is 11.1 Å². The van der Waals surface area contributed by atoms with Crippen molar-refractivity contribution in [3.05, 3.63) is 16.7 Å². The molecule has 5 unspecified atom stereocenters. The van der Waals surface area contributed by atoms with Gasteiger partial charge in [-0.25, -0.2) is 17.9 Å². The first-order valence-electron chi connectivity index (χ1n) is 11.9. The molecule has 2 aromatic heterocycles. The molecule has 3 rings (SSSR count). The average molecular weight is 682 g/mol. The molecule has 2 aromatic rings. The molecule has 0 spiro atoms. The van der Waals surface area contributed by atoms with Crippen LogP contribution in [0.5, 0.6) is 0 Å². The fourth-order valence-electron chi connectivity index (χ4n) is 3.58. The van der Waals surface area contributed by atoms with E-state index in [1.54, 1.807) is 0 Å².